The average molecular weight is 346 g/mol. The summed E-state index contributed by atoms with van der Waals surface area (Å²) in [5.74, 6) is -0.433. The van der Waals surface area contributed by atoms with E-state index in [1.54, 1.807) is 18.2 Å². The third-order valence-electron chi connectivity index (χ3n) is 3.70. The molecule has 0 aromatic heterocycles. The van der Waals surface area contributed by atoms with Crippen LogP contribution >= 0.6 is 11.6 Å². The van der Waals surface area contributed by atoms with E-state index in [0.717, 1.165) is 24.0 Å². The minimum Gasteiger partial charge on any atom is -0.465 e. The van der Waals surface area contributed by atoms with Gasteiger partial charge in [-0.05, 0) is 61.2 Å². The quantitative estimate of drug-likeness (QED) is 0.789. The first-order valence-electron chi connectivity index (χ1n) is 7.73. The van der Waals surface area contributed by atoms with Crippen LogP contribution in [0.3, 0.4) is 0 Å². The summed E-state index contributed by atoms with van der Waals surface area (Å²) in [6.07, 6.45) is 2.01. The molecule has 0 unspecified atom stereocenters. The third-order valence-corrected chi connectivity index (χ3v) is 3.96. The van der Waals surface area contributed by atoms with Crippen LogP contribution in [0.2, 0.25) is 5.02 Å². The van der Waals surface area contributed by atoms with Crippen LogP contribution in [0.5, 0.6) is 0 Å². The van der Waals surface area contributed by atoms with E-state index < -0.39 is 0 Å². The Hall–Kier alpha value is -2.33. The van der Waals surface area contributed by atoms with Gasteiger partial charge in [-0.1, -0.05) is 23.7 Å². The molecule has 4 nitrogen and oxygen atoms in total. The van der Waals surface area contributed by atoms with E-state index in [0.29, 0.717) is 22.7 Å². The molecule has 0 aliphatic rings. The van der Waals surface area contributed by atoms with Crippen LogP contribution < -0.4 is 5.32 Å². The van der Waals surface area contributed by atoms with E-state index in [2.05, 4.69) is 10.1 Å². The van der Waals surface area contributed by atoms with Gasteiger partial charge in [0, 0.05) is 17.1 Å². The number of esters is 1. The molecular weight excluding hydrogens is 326 g/mol. The van der Waals surface area contributed by atoms with E-state index in [4.69, 9.17) is 11.6 Å². The fraction of sp³-hybridized carbons (Fsp3) is 0.263. The number of aryl methyl sites for hydroxylation is 2. The minimum absolute atomic E-state index is 0.0436. The van der Waals surface area contributed by atoms with E-state index >= 15 is 0 Å². The molecule has 0 aliphatic carbocycles. The first-order chi connectivity index (χ1) is 11.5. The second-order valence-electron chi connectivity index (χ2n) is 5.55. The summed E-state index contributed by atoms with van der Waals surface area (Å²) in [5, 5.41) is 3.59. The Kier molecular flexibility index (Phi) is 6.38. The van der Waals surface area contributed by atoms with Gasteiger partial charge < -0.3 is 10.1 Å². The molecule has 0 bridgehead atoms. The summed E-state index contributed by atoms with van der Waals surface area (Å²) in [4.78, 5) is 23.5. The normalized spacial score (nSPS) is 10.3. The van der Waals surface area contributed by atoms with E-state index in [1.807, 2.05) is 31.2 Å². The van der Waals surface area contributed by atoms with Gasteiger partial charge >= 0.3 is 5.97 Å². The summed E-state index contributed by atoms with van der Waals surface area (Å²) in [6, 6.07) is 12.7. The van der Waals surface area contributed by atoms with Crippen molar-refractivity contribution in [3.63, 3.8) is 0 Å². The lowest BCUT2D eigenvalue weighted by atomic mass is 10.1. The standard InChI is InChI=1S/C19H20ClNO3/c1-13-12-15(19(23)24-2)8-11-17(13)21-18(22)5-3-4-14-6-9-16(20)10-7-14/h6-12H,3-5H2,1-2H3,(H,21,22). The number of amides is 1. The van der Waals surface area contributed by atoms with Gasteiger partial charge in [-0.25, -0.2) is 4.79 Å². The molecule has 5 heteroatoms. The SMILES string of the molecule is COC(=O)c1ccc(NC(=O)CCCc2ccc(Cl)cc2)c(C)c1. The average Bonchev–Trinajstić information content (AvgIpc) is 2.57. The molecule has 0 atom stereocenters. The van der Waals surface area contributed by atoms with Gasteiger partial charge in [0.2, 0.25) is 5.91 Å². The molecule has 0 fully saturated rings. The molecule has 0 radical (unpaired) electrons. The fourth-order valence-corrected chi connectivity index (χ4v) is 2.49. The van der Waals surface area contributed by atoms with E-state index in [1.165, 1.54) is 7.11 Å². The molecule has 1 amide bonds. The lowest BCUT2D eigenvalue weighted by Crippen LogP contribution is -2.13. The number of carbonyl (C=O) groups is 2. The Labute approximate surface area is 146 Å². The van der Waals surface area contributed by atoms with Gasteiger partial charge in [0.05, 0.1) is 12.7 Å². The molecule has 126 valence electrons. The number of methoxy groups -OCH3 is 1. The first-order valence-corrected chi connectivity index (χ1v) is 8.10. The second-order valence-corrected chi connectivity index (χ2v) is 5.99. The highest BCUT2D eigenvalue weighted by Gasteiger charge is 2.09. The van der Waals surface area contributed by atoms with Gasteiger partial charge in [0.15, 0.2) is 0 Å². The zero-order valence-electron chi connectivity index (χ0n) is 13.8. The Morgan fingerprint density at radius 1 is 1.12 bits per heavy atom. The van der Waals surface area contributed by atoms with Crippen LogP contribution in [-0.4, -0.2) is 19.0 Å². The van der Waals surface area contributed by atoms with Crippen molar-refractivity contribution < 1.29 is 14.3 Å². The Morgan fingerprint density at radius 2 is 1.83 bits per heavy atom. The summed E-state index contributed by atoms with van der Waals surface area (Å²) in [6.45, 7) is 1.84. The van der Waals surface area contributed by atoms with Crippen molar-refractivity contribution in [1.29, 1.82) is 0 Å². The van der Waals surface area contributed by atoms with Crippen LogP contribution in [0.1, 0.15) is 34.3 Å². The lowest BCUT2D eigenvalue weighted by molar-refractivity contribution is -0.116. The zero-order valence-corrected chi connectivity index (χ0v) is 14.5. The van der Waals surface area contributed by atoms with Crippen molar-refractivity contribution in [2.75, 3.05) is 12.4 Å². The summed E-state index contributed by atoms with van der Waals surface area (Å²) in [7, 11) is 1.34. The van der Waals surface area contributed by atoms with Crippen molar-refractivity contribution in [2.45, 2.75) is 26.2 Å². The highest BCUT2D eigenvalue weighted by atomic mass is 35.5. The van der Waals surface area contributed by atoms with Gasteiger partial charge in [0.1, 0.15) is 0 Å². The third kappa shape index (κ3) is 5.10. The Bertz CT molecular complexity index is 726. The molecular formula is C19H20ClNO3. The molecule has 1 N–H and O–H groups in total. The van der Waals surface area contributed by atoms with Crippen LogP contribution in [0, 0.1) is 6.92 Å². The van der Waals surface area contributed by atoms with Gasteiger partial charge in [-0.2, -0.15) is 0 Å². The molecule has 0 saturated heterocycles. The smallest absolute Gasteiger partial charge is 0.337 e. The summed E-state index contributed by atoms with van der Waals surface area (Å²) >= 11 is 5.85. The van der Waals surface area contributed by atoms with E-state index in [9.17, 15) is 9.59 Å². The number of ether oxygens (including phenoxy) is 1. The predicted octanol–water partition coefficient (Wildman–Crippen LogP) is 4.40. The molecule has 0 spiro atoms. The van der Waals surface area contributed by atoms with Gasteiger partial charge in [0.25, 0.3) is 0 Å². The predicted molar refractivity (Wildman–Crippen MR) is 95.5 cm³/mol. The number of carbonyl (C=O) groups excluding carboxylic acids is 2. The van der Waals surface area contributed by atoms with Crippen molar-refractivity contribution >= 4 is 29.2 Å². The van der Waals surface area contributed by atoms with Crippen molar-refractivity contribution in [1.82, 2.24) is 0 Å². The van der Waals surface area contributed by atoms with E-state index in [-0.39, 0.29) is 11.9 Å². The molecule has 0 saturated carbocycles. The number of hydrogen-bond acceptors (Lipinski definition) is 3. The number of benzene rings is 2. The first kappa shape index (κ1) is 18.0. The number of rotatable bonds is 6. The maximum Gasteiger partial charge on any atom is 0.337 e. The maximum absolute atomic E-state index is 12.1. The van der Waals surface area contributed by atoms with Crippen LogP contribution in [0.4, 0.5) is 5.69 Å². The Morgan fingerprint density at radius 3 is 2.46 bits per heavy atom. The van der Waals surface area contributed by atoms with Crippen molar-refractivity contribution in [3.05, 3.63) is 64.2 Å². The monoisotopic (exact) mass is 345 g/mol. The van der Waals surface area contributed by atoms with Gasteiger partial charge in [-0.3, -0.25) is 4.79 Å². The largest absolute Gasteiger partial charge is 0.465 e. The number of nitrogens with one attached hydrogen (secondary N) is 1. The zero-order chi connectivity index (χ0) is 17.5. The lowest BCUT2D eigenvalue weighted by Gasteiger charge is -2.10. The minimum atomic E-state index is -0.390. The highest BCUT2D eigenvalue weighted by Crippen LogP contribution is 2.18. The number of hydrogen-bond donors (Lipinski definition) is 1. The van der Waals surface area contributed by atoms with Crippen LogP contribution in [-0.2, 0) is 16.0 Å². The molecule has 0 aliphatic heterocycles. The van der Waals surface area contributed by atoms with Crippen LogP contribution in [0.15, 0.2) is 42.5 Å². The Balaban J connectivity index is 1.85. The highest BCUT2D eigenvalue weighted by molar-refractivity contribution is 6.30. The number of anilines is 1. The molecule has 2 rings (SSSR count). The fourth-order valence-electron chi connectivity index (χ4n) is 2.37. The van der Waals surface area contributed by atoms with Crippen LogP contribution in [0.25, 0.3) is 0 Å². The van der Waals surface area contributed by atoms with Crippen molar-refractivity contribution in [3.8, 4) is 0 Å². The summed E-state index contributed by atoms with van der Waals surface area (Å²) in [5.41, 5.74) is 3.16. The topological polar surface area (TPSA) is 55.4 Å². The number of halogens is 1. The maximum atomic E-state index is 12.1. The molecule has 2 aromatic rings. The molecule has 0 heterocycles. The second kappa shape index (κ2) is 8.50. The summed E-state index contributed by atoms with van der Waals surface area (Å²) < 4.78 is 4.68. The molecule has 24 heavy (non-hydrogen) atoms. The van der Waals surface area contributed by atoms with Crippen molar-refractivity contribution in [2.24, 2.45) is 0 Å². The molecule has 2 aromatic carbocycles. The van der Waals surface area contributed by atoms with Gasteiger partial charge in [-0.15, -0.1) is 0 Å².